The van der Waals surface area contributed by atoms with Crippen molar-refractivity contribution in [2.75, 3.05) is 34.4 Å². The number of pyridine rings is 1. The van der Waals surface area contributed by atoms with Crippen molar-refractivity contribution < 1.29 is 55.3 Å². The Labute approximate surface area is 360 Å². The molecule has 4 aromatic rings. The fraction of sp³-hybridized carbons (Fsp3) is 0.524. The minimum atomic E-state index is -1.06. The summed E-state index contributed by atoms with van der Waals surface area (Å²) in [5.41, 5.74) is 6.20. The van der Waals surface area contributed by atoms with Gasteiger partial charge < -0.3 is 0 Å². The summed E-state index contributed by atoms with van der Waals surface area (Å²) in [4.78, 5) is 65.9. The van der Waals surface area contributed by atoms with Crippen LogP contribution in [0.2, 0.25) is 0 Å². The number of methoxy groups -OCH3 is 1. The number of amides is 4. The van der Waals surface area contributed by atoms with Crippen molar-refractivity contribution in [2.24, 2.45) is 11.3 Å². The summed E-state index contributed by atoms with van der Waals surface area (Å²) in [7, 11) is 4.32. The second-order valence-corrected chi connectivity index (χ2v) is 19.9. The fourth-order valence-corrected chi connectivity index (χ4v) is 11.1. The van der Waals surface area contributed by atoms with Crippen molar-refractivity contribution in [1.29, 1.82) is 0 Å². The van der Waals surface area contributed by atoms with E-state index in [0.29, 0.717) is 42.4 Å². The van der Waals surface area contributed by atoms with Crippen molar-refractivity contribution in [2.45, 2.75) is 95.9 Å². The molecule has 0 radical (unpaired) electrons. The number of nitrogens with zero attached hydrogens (tertiary/aromatic N) is 6. The van der Waals surface area contributed by atoms with E-state index in [1.165, 1.54) is 30.4 Å². The molecular weight excluding hydrogens is 887 g/mol. The quantitative estimate of drug-likeness (QED) is 0.0596. The first kappa shape index (κ1) is 44.4. The van der Waals surface area contributed by atoms with Crippen LogP contribution >= 0.6 is 11.3 Å². The fourth-order valence-electron chi connectivity index (χ4n) is 7.93. The van der Waals surface area contributed by atoms with Crippen molar-refractivity contribution in [3.63, 3.8) is 0 Å². The van der Waals surface area contributed by atoms with Crippen LogP contribution in [0.1, 0.15) is 76.8 Å². The number of hydroxylamine groups is 2. The molecule has 6 rings (SSSR count). The minimum absolute atomic E-state index is 0.0963. The summed E-state index contributed by atoms with van der Waals surface area (Å²) in [6.45, 7) is 13.2. The topological polar surface area (TPSA) is 171 Å². The van der Waals surface area contributed by atoms with Crippen LogP contribution in [0.3, 0.4) is 0 Å². The number of thiazole rings is 1. The number of carbonyl (C=O) groups excluding carboxylic acids is 4. The maximum atomic E-state index is 14.4. The predicted molar refractivity (Wildman–Crippen MR) is 221 cm³/mol. The number of aryl methyl sites for hydroxylation is 1. The molecule has 3 aromatic heterocycles. The van der Waals surface area contributed by atoms with Crippen LogP contribution in [0.15, 0.2) is 41.9 Å². The number of carbonyl (C=O) groups is 4. The molecule has 1 unspecified atom stereocenters. The third kappa shape index (κ3) is 9.58. The van der Waals surface area contributed by atoms with E-state index >= 15 is 0 Å². The van der Waals surface area contributed by atoms with Gasteiger partial charge in [-0.1, -0.05) is 0 Å². The third-order valence-electron chi connectivity index (χ3n) is 11.0. The summed E-state index contributed by atoms with van der Waals surface area (Å²) in [6.07, 6.45) is 3.36. The van der Waals surface area contributed by atoms with Gasteiger partial charge in [0.1, 0.15) is 0 Å². The Morgan fingerprint density at radius 1 is 1.20 bits per heavy atom. The molecule has 0 aliphatic carbocycles. The maximum absolute atomic E-state index is 14.4. The van der Waals surface area contributed by atoms with Crippen molar-refractivity contribution in [1.82, 2.24) is 38.5 Å². The number of alkyl halides is 1. The monoisotopic (exact) mass is 943 g/mol. The van der Waals surface area contributed by atoms with E-state index < -0.39 is 50.9 Å². The van der Waals surface area contributed by atoms with Crippen LogP contribution in [0.25, 0.3) is 33.4 Å². The normalized spacial score (nSPS) is 19.9. The van der Waals surface area contributed by atoms with Crippen LogP contribution in [0.5, 0.6) is 0 Å². The van der Waals surface area contributed by atoms with Crippen molar-refractivity contribution >= 4 is 46.1 Å². The number of hydrogen-bond acceptors (Lipinski definition) is 11. The van der Waals surface area contributed by atoms with Gasteiger partial charge in [-0.2, -0.15) is 0 Å². The molecule has 320 valence electrons. The Hall–Kier alpha value is -4.17. The number of hydrogen-bond donors (Lipinski definition) is 3. The molecule has 59 heavy (non-hydrogen) atoms. The summed E-state index contributed by atoms with van der Waals surface area (Å²) in [6, 6.07) is 7.60. The van der Waals surface area contributed by atoms with E-state index in [1.807, 2.05) is 18.4 Å². The molecule has 15 nitrogen and oxygen atoms in total. The first-order chi connectivity index (χ1) is 28.0. The van der Waals surface area contributed by atoms with Crippen LogP contribution in [-0.2, 0) is 43.2 Å². The van der Waals surface area contributed by atoms with E-state index in [4.69, 9.17) is 19.4 Å². The van der Waals surface area contributed by atoms with Crippen LogP contribution < -0.4 is 30.4 Å². The molecule has 2 aliphatic rings. The average Bonchev–Trinajstić information content (AvgIpc) is 3.69. The summed E-state index contributed by atoms with van der Waals surface area (Å²) >= 11 is 0.350. The van der Waals surface area contributed by atoms with E-state index in [9.17, 15) is 24.4 Å². The summed E-state index contributed by atoms with van der Waals surface area (Å²) in [5.74, 6) is -1.53. The Kier molecular flexibility index (Phi) is 14.0. The predicted octanol–water partition coefficient (Wildman–Crippen LogP) is 2.60. The molecule has 5 heterocycles. The molecule has 4 amide bonds. The molecule has 6 bridgehead atoms. The zero-order chi connectivity index (χ0) is 42.8. The third-order valence-corrected chi connectivity index (χ3v) is 14.6. The average molecular weight is 944 g/mol. The molecule has 0 saturated carbocycles. The number of halogens is 1. The Bertz CT molecular complexity index is 2190. The van der Waals surface area contributed by atoms with Crippen LogP contribution in [0, 0.1) is 11.3 Å². The van der Waals surface area contributed by atoms with Crippen LogP contribution in [-0.4, -0.2) is 109 Å². The number of nitrogens with one attached hydrogen (secondary N) is 2. The first-order valence-corrected chi connectivity index (χ1v) is 23.2. The number of rotatable bonds is 8. The molecule has 4 atom stereocenters. The van der Waals surface area contributed by atoms with Crippen molar-refractivity contribution in [3.8, 4) is 22.5 Å². The molecule has 1 aromatic carbocycles. The summed E-state index contributed by atoms with van der Waals surface area (Å²) < 4.78 is 17.1. The van der Waals surface area contributed by atoms with Crippen LogP contribution in [0.4, 0.5) is 4.79 Å². The Morgan fingerprint density at radius 2 is 1.97 bits per heavy atom. The van der Waals surface area contributed by atoms with Gasteiger partial charge in [0.25, 0.3) is 0 Å². The van der Waals surface area contributed by atoms with E-state index in [-0.39, 0.29) is 40.9 Å². The Morgan fingerprint density at radius 3 is 2.66 bits per heavy atom. The van der Waals surface area contributed by atoms with Gasteiger partial charge in [-0.15, -0.1) is 0 Å². The number of aromatic nitrogens is 3. The van der Waals surface area contributed by atoms with Gasteiger partial charge in [0.15, 0.2) is 0 Å². The summed E-state index contributed by atoms with van der Waals surface area (Å²) in [5, 5.41) is 18.4. The number of esters is 1. The van der Waals surface area contributed by atoms with Gasteiger partial charge in [-0.05, 0) is 0 Å². The molecular formula is C42H56IN8O7S-. The van der Waals surface area contributed by atoms with Gasteiger partial charge >= 0.3 is 355 Å². The number of cyclic esters (lactones) is 1. The van der Waals surface area contributed by atoms with Gasteiger partial charge in [0.2, 0.25) is 0 Å². The first-order valence-electron chi connectivity index (χ1n) is 20.0. The zero-order valence-corrected chi connectivity index (χ0v) is 38.2. The number of ether oxygens (including phenoxy) is 2. The molecule has 17 heteroatoms. The molecule has 0 spiro atoms. The second-order valence-electron chi connectivity index (χ2n) is 16.4. The van der Waals surface area contributed by atoms with Crippen molar-refractivity contribution in [3.05, 3.63) is 58.2 Å². The number of urea groups is 1. The Balaban J connectivity index is 1.47. The van der Waals surface area contributed by atoms with E-state index in [1.54, 1.807) is 27.2 Å². The number of benzene rings is 1. The standard InChI is InChI=1S/C42H56IN8O7S/c1-10-50-33-16-15-26-19-28(33)29(37(50)27-13-11-17-44-35(27)25(4)57-9)21-42(5,6)23-58-40(54)30-14-12-18-51(47-43-30)39(53)31(20-34-45-32(26)22-59-34)46-38(52)36(24(2)3)48(7)41(55)49(8)56/h11,13,15-17,19,22,24-25,30-31,36,47,56H,10,12,14,18,20-21,23H2,1-9H3,(H,46,52)/q-1/t25-,30-,31?,36-/m0/s1. The van der Waals surface area contributed by atoms with E-state index in [0.717, 1.165) is 49.6 Å². The number of fused-ring (bicyclic) bond motifs is 7. The van der Waals surface area contributed by atoms with E-state index in [2.05, 4.69) is 58.6 Å². The molecule has 1 fully saturated rings. The van der Waals surface area contributed by atoms with Gasteiger partial charge in [-0.25, -0.2) is 0 Å². The zero-order valence-electron chi connectivity index (χ0n) is 35.2. The molecule has 2 aliphatic heterocycles. The van der Waals surface area contributed by atoms with Gasteiger partial charge in [-0.3, -0.25) is 0 Å². The SMILES string of the molecule is CCn1c(-c2cccnc2[C@H](C)OC)c2c3cc(ccc31)-c1csc(n1)CC(NC(=O)[C@H](C(C)C)N(C)C(=O)N(C)O)C(=O)N1CCC[C@H]([I-]N1)C(=O)OCC(C)(C)C2. The van der Waals surface area contributed by atoms with Gasteiger partial charge in [0, 0.05) is 7.11 Å². The second kappa shape index (κ2) is 18.6. The number of likely N-dealkylation sites (N-methyl/N-ethyl adjacent to an activating group) is 1. The molecule has 1 saturated heterocycles. The number of hydrazine groups is 1. The molecule has 3 N–H and O–H groups in total. The van der Waals surface area contributed by atoms with Gasteiger partial charge in [0.05, 0.1) is 0 Å².